The quantitative estimate of drug-likeness (QED) is 0.220. The van der Waals surface area contributed by atoms with Crippen molar-refractivity contribution in [3.05, 3.63) is 0 Å². The van der Waals surface area contributed by atoms with Crippen molar-refractivity contribution in [3.63, 3.8) is 0 Å². The Balaban J connectivity index is 3.53. The van der Waals surface area contributed by atoms with Crippen LogP contribution in [0.3, 0.4) is 0 Å². The Bertz CT molecular complexity index is 103. The molecule has 0 rings (SSSR count). The summed E-state index contributed by atoms with van der Waals surface area (Å²) in [6, 6.07) is 0. The third-order valence-corrected chi connectivity index (χ3v) is 0.688. The second kappa shape index (κ2) is 4.39. The third kappa shape index (κ3) is 2.41. The van der Waals surface area contributed by atoms with Gasteiger partial charge in [0, 0.05) is 18.8 Å². The van der Waals surface area contributed by atoms with Gasteiger partial charge in [0.1, 0.15) is 0 Å². The van der Waals surface area contributed by atoms with E-state index in [4.69, 9.17) is 11.8 Å². The predicted molar refractivity (Wildman–Crippen MR) is 31.5 cm³/mol. The molecule has 46 valence electrons. The Hall–Kier alpha value is -0.770. The standard InChI is InChI=1S/C3H6ClN3O/c1-5-3(7-4)6-2-8/h2H,1H3,(H2,5,6,7,8). The molecule has 0 aromatic rings. The van der Waals surface area contributed by atoms with Crippen molar-refractivity contribution in [2.75, 3.05) is 7.05 Å². The summed E-state index contributed by atoms with van der Waals surface area (Å²) in [6.45, 7) is 0. The van der Waals surface area contributed by atoms with Crippen LogP contribution >= 0.6 is 11.8 Å². The molecule has 0 aliphatic heterocycles. The van der Waals surface area contributed by atoms with E-state index in [2.05, 4.69) is 15.1 Å². The molecule has 0 aromatic heterocycles. The van der Waals surface area contributed by atoms with Crippen LogP contribution in [0.15, 0.2) is 4.99 Å². The van der Waals surface area contributed by atoms with Crippen molar-refractivity contribution in [1.82, 2.24) is 10.2 Å². The van der Waals surface area contributed by atoms with Gasteiger partial charge in [0.2, 0.25) is 12.4 Å². The van der Waals surface area contributed by atoms with Crippen LogP contribution in [0, 0.1) is 0 Å². The smallest absolute Gasteiger partial charge is 0.213 e. The topological polar surface area (TPSA) is 53.5 Å². The van der Waals surface area contributed by atoms with E-state index < -0.39 is 0 Å². The lowest BCUT2D eigenvalue weighted by atomic mass is 10.9. The summed E-state index contributed by atoms with van der Waals surface area (Å²) < 4.78 is 0. The van der Waals surface area contributed by atoms with Gasteiger partial charge >= 0.3 is 0 Å². The van der Waals surface area contributed by atoms with Crippen LogP contribution in [0.5, 0.6) is 0 Å². The van der Waals surface area contributed by atoms with E-state index in [0.717, 1.165) is 0 Å². The van der Waals surface area contributed by atoms with Crippen LogP contribution in [0.2, 0.25) is 0 Å². The number of carbonyl (C=O) groups excluding carboxylic acids is 1. The van der Waals surface area contributed by atoms with E-state index in [1.165, 1.54) is 7.05 Å². The first-order valence-corrected chi connectivity index (χ1v) is 2.26. The highest BCUT2D eigenvalue weighted by Gasteiger charge is 1.86. The molecule has 0 radical (unpaired) electrons. The van der Waals surface area contributed by atoms with Gasteiger partial charge in [0.25, 0.3) is 0 Å². The predicted octanol–water partition coefficient (Wildman–Crippen LogP) is -0.538. The summed E-state index contributed by atoms with van der Waals surface area (Å²) in [5.74, 6) is 0.238. The Morgan fingerprint density at radius 2 is 2.50 bits per heavy atom. The van der Waals surface area contributed by atoms with Gasteiger partial charge in [-0.05, 0) is 0 Å². The maximum atomic E-state index is 9.64. The summed E-state index contributed by atoms with van der Waals surface area (Å²) in [7, 11) is 1.50. The molecule has 0 aromatic carbocycles. The molecule has 0 aliphatic carbocycles. The van der Waals surface area contributed by atoms with Crippen LogP contribution in [0.1, 0.15) is 0 Å². The number of halogens is 1. The summed E-state index contributed by atoms with van der Waals surface area (Å²) in [5.41, 5.74) is 0. The molecule has 0 spiro atoms. The largest absolute Gasteiger partial charge is 0.298 e. The molecule has 0 aliphatic rings. The minimum absolute atomic E-state index is 0.238. The van der Waals surface area contributed by atoms with E-state index in [0.29, 0.717) is 6.41 Å². The number of hydrogen-bond acceptors (Lipinski definition) is 2. The molecule has 0 heterocycles. The minimum atomic E-state index is 0.238. The lowest BCUT2D eigenvalue weighted by Gasteiger charge is -1.95. The van der Waals surface area contributed by atoms with E-state index >= 15 is 0 Å². The van der Waals surface area contributed by atoms with Gasteiger partial charge in [-0.2, -0.15) is 0 Å². The lowest BCUT2D eigenvalue weighted by Crippen LogP contribution is -2.30. The molecule has 0 saturated carbocycles. The van der Waals surface area contributed by atoms with E-state index in [-0.39, 0.29) is 5.96 Å². The molecule has 1 amide bonds. The number of amides is 1. The highest BCUT2D eigenvalue weighted by Crippen LogP contribution is 1.64. The monoisotopic (exact) mass is 135 g/mol. The fraction of sp³-hybridized carbons (Fsp3) is 0.333. The Morgan fingerprint density at radius 3 is 2.62 bits per heavy atom. The number of guanidine groups is 1. The summed E-state index contributed by atoms with van der Waals surface area (Å²) >= 11 is 5.04. The van der Waals surface area contributed by atoms with E-state index in [1.54, 1.807) is 0 Å². The van der Waals surface area contributed by atoms with Gasteiger partial charge in [-0.1, -0.05) is 0 Å². The van der Waals surface area contributed by atoms with Crippen LogP contribution < -0.4 is 10.2 Å². The third-order valence-electron chi connectivity index (χ3n) is 0.509. The first kappa shape index (κ1) is 7.23. The van der Waals surface area contributed by atoms with Crippen LogP contribution in [-0.4, -0.2) is 19.4 Å². The highest BCUT2D eigenvalue weighted by molar-refractivity contribution is 6.22. The SMILES string of the molecule is CN=C(NCl)NC=O. The van der Waals surface area contributed by atoms with Gasteiger partial charge < -0.3 is 0 Å². The minimum Gasteiger partial charge on any atom is -0.298 e. The van der Waals surface area contributed by atoms with Crippen molar-refractivity contribution in [3.8, 4) is 0 Å². The molecule has 0 saturated heterocycles. The van der Waals surface area contributed by atoms with Crippen molar-refractivity contribution in [2.45, 2.75) is 0 Å². The first-order chi connectivity index (χ1) is 3.85. The Kier molecular flexibility index (Phi) is 3.97. The molecule has 8 heavy (non-hydrogen) atoms. The molecule has 5 heteroatoms. The Morgan fingerprint density at radius 1 is 1.88 bits per heavy atom. The molecule has 2 N–H and O–H groups in total. The zero-order valence-electron chi connectivity index (χ0n) is 4.31. The number of nitrogens with zero attached hydrogens (tertiary/aromatic N) is 1. The van der Waals surface area contributed by atoms with E-state index in [1.807, 2.05) is 0 Å². The molecular weight excluding hydrogens is 130 g/mol. The number of aliphatic imine (C=N–C) groups is 1. The lowest BCUT2D eigenvalue weighted by molar-refractivity contribution is -0.108. The van der Waals surface area contributed by atoms with Crippen molar-refractivity contribution in [2.24, 2.45) is 4.99 Å². The zero-order valence-corrected chi connectivity index (χ0v) is 5.07. The molecule has 0 atom stereocenters. The van der Waals surface area contributed by atoms with Crippen molar-refractivity contribution < 1.29 is 4.79 Å². The number of nitrogens with one attached hydrogen (secondary N) is 2. The summed E-state index contributed by atoms with van der Waals surface area (Å²) in [4.78, 5) is 15.3. The van der Waals surface area contributed by atoms with E-state index in [9.17, 15) is 4.79 Å². The maximum Gasteiger partial charge on any atom is 0.213 e. The van der Waals surface area contributed by atoms with Gasteiger partial charge in [-0.25, -0.2) is 0 Å². The first-order valence-electron chi connectivity index (χ1n) is 1.88. The van der Waals surface area contributed by atoms with Crippen LogP contribution in [-0.2, 0) is 4.79 Å². The second-order valence-electron chi connectivity index (χ2n) is 0.929. The number of rotatable bonds is 1. The second-order valence-corrected chi connectivity index (χ2v) is 1.12. The maximum absolute atomic E-state index is 9.64. The molecule has 0 unspecified atom stereocenters. The molecule has 4 nitrogen and oxygen atoms in total. The number of hydrogen-bond donors (Lipinski definition) is 2. The average Bonchev–Trinajstić information content (AvgIpc) is 1.83. The van der Waals surface area contributed by atoms with Crippen LogP contribution in [0.25, 0.3) is 0 Å². The van der Waals surface area contributed by atoms with Crippen molar-refractivity contribution >= 4 is 24.1 Å². The number of carbonyl (C=O) groups is 1. The summed E-state index contributed by atoms with van der Waals surface area (Å²) in [6.07, 6.45) is 0.484. The summed E-state index contributed by atoms with van der Waals surface area (Å²) in [5, 5.41) is 2.21. The van der Waals surface area contributed by atoms with Gasteiger partial charge in [-0.15, -0.1) is 0 Å². The van der Waals surface area contributed by atoms with Crippen molar-refractivity contribution in [1.29, 1.82) is 0 Å². The zero-order chi connectivity index (χ0) is 6.41. The average molecular weight is 136 g/mol. The molecule has 0 bridgehead atoms. The Labute approximate surface area is 52.0 Å². The molecule has 0 fully saturated rings. The van der Waals surface area contributed by atoms with Gasteiger partial charge in [-0.3, -0.25) is 19.9 Å². The van der Waals surface area contributed by atoms with Crippen LogP contribution in [0.4, 0.5) is 0 Å². The fourth-order valence-electron chi connectivity index (χ4n) is 0.190. The normalized spacial score (nSPS) is 10.5. The van der Waals surface area contributed by atoms with Gasteiger partial charge in [0.15, 0.2) is 0 Å². The fourth-order valence-corrected chi connectivity index (χ4v) is 0.329. The van der Waals surface area contributed by atoms with Gasteiger partial charge in [0.05, 0.1) is 0 Å². The highest BCUT2D eigenvalue weighted by atomic mass is 35.5. The molecular formula is C3H6ClN3O.